The minimum atomic E-state index is -0.0689. The number of carbonyl (C=O) groups is 2. The van der Waals surface area contributed by atoms with E-state index in [2.05, 4.69) is 25.1 Å². The molecule has 0 radical (unpaired) electrons. The van der Waals surface area contributed by atoms with Crippen molar-refractivity contribution >= 4 is 22.8 Å². The highest BCUT2D eigenvalue weighted by Crippen LogP contribution is 2.34. The van der Waals surface area contributed by atoms with E-state index in [1.54, 1.807) is 25.7 Å². The maximum absolute atomic E-state index is 13.4. The van der Waals surface area contributed by atoms with E-state index in [4.69, 9.17) is 9.47 Å². The third-order valence-corrected chi connectivity index (χ3v) is 7.49. The number of nitrogens with zero attached hydrogens (tertiary/aromatic N) is 6. The molecular weight excluding hydrogens is 510 g/mol. The van der Waals surface area contributed by atoms with Gasteiger partial charge in [0.25, 0.3) is 5.91 Å². The van der Waals surface area contributed by atoms with E-state index in [0.29, 0.717) is 70.2 Å². The van der Waals surface area contributed by atoms with E-state index in [1.165, 1.54) is 0 Å². The Morgan fingerprint density at radius 3 is 2.52 bits per heavy atom. The van der Waals surface area contributed by atoms with Gasteiger partial charge < -0.3 is 19.3 Å². The lowest BCUT2D eigenvalue weighted by atomic mass is 10.0. The fraction of sp³-hybridized carbons (Fsp3) is 0.345. The number of amides is 2. The number of piperazine rings is 1. The summed E-state index contributed by atoms with van der Waals surface area (Å²) in [6.07, 6.45) is 5.08. The minimum absolute atomic E-state index is 0.0689. The predicted octanol–water partition coefficient (Wildman–Crippen LogP) is 2.31. The van der Waals surface area contributed by atoms with Crippen molar-refractivity contribution in [3.63, 3.8) is 0 Å². The Bertz CT molecular complexity index is 1520. The summed E-state index contributed by atoms with van der Waals surface area (Å²) < 4.78 is 10.9. The average molecular weight is 542 g/mol. The molecule has 2 fully saturated rings. The number of carbonyl (C=O) groups excluding carboxylic acids is 2. The number of rotatable bonds is 6. The van der Waals surface area contributed by atoms with Crippen molar-refractivity contribution < 1.29 is 19.1 Å². The second-order valence-corrected chi connectivity index (χ2v) is 9.92. The standard InChI is InChI=1S/C29H31N7O4/c1-39-25-5-3-2-4-23(25)27-24-15-21(18-31-28(24)33-32-27)20-14-22(17-30-16-20)29(38)36-8-6-34(7-9-36)19-26(37)35-10-12-40-13-11-35/h2-5,14-18H,6-13,19H2,1H3,(H,31,32,33). The van der Waals surface area contributed by atoms with E-state index < -0.39 is 0 Å². The minimum Gasteiger partial charge on any atom is -0.496 e. The average Bonchev–Trinajstić information content (AvgIpc) is 3.44. The molecule has 4 aromatic rings. The number of ether oxygens (including phenoxy) is 2. The van der Waals surface area contributed by atoms with Crippen LogP contribution in [0, 0.1) is 0 Å². The van der Waals surface area contributed by atoms with Crippen LogP contribution >= 0.6 is 0 Å². The Hall–Kier alpha value is -4.35. The van der Waals surface area contributed by atoms with Crippen molar-refractivity contribution in [3.05, 3.63) is 60.6 Å². The molecule has 11 nitrogen and oxygen atoms in total. The molecule has 3 aromatic heterocycles. The number of benzene rings is 1. The van der Waals surface area contributed by atoms with Gasteiger partial charge in [0, 0.05) is 79.9 Å². The van der Waals surface area contributed by atoms with Gasteiger partial charge in [0.2, 0.25) is 5.91 Å². The van der Waals surface area contributed by atoms with Crippen molar-refractivity contribution in [2.75, 3.05) is 66.1 Å². The maximum atomic E-state index is 13.4. The number of hydrogen-bond donors (Lipinski definition) is 1. The van der Waals surface area contributed by atoms with Crippen LogP contribution in [0.25, 0.3) is 33.4 Å². The number of aromatic nitrogens is 4. The highest BCUT2D eigenvalue weighted by molar-refractivity contribution is 5.97. The Morgan fingerprint density at radius 1 is 0.950 bits per heavy atom. The molecule has 0 saturated carbocycles. The monoisotopic (exact) mass is 541 g/mol. The third-order valence-electron chi connectivity index (χ3n) is 7.49. The van der Waals surface area contributed by atoms with E-state index in [9.17, 15) is 9.59 Å². The molecule has 0 bridgehead atoms. The Morgan fingerprint density at radius 2 is 1.73 bits per heavy atom. The van der Waals surface area contributed by atoms with Crippen molar-refractivity contribution in [2.24, 2.45) is 0 Å². The summed E-state index contributed by atoms with van der Waals surface area (Å²) in [5.74, 6) is 0.788. The number of morpholine rings is 1. The molecule has 2 aliphatic rings. The van der Waals surface area contributed by atoms with Gasteiger partial charge in [0.15, 0.2) is 5.65 Å². The fourth-order valence-electron chi connectivity index (χ4n) is 5.22. The quantitative estimate of drug-likeness (QED) is 0.395. The first-order valence-electron chi connectivity index (χ1n) is 13.4. The van der Waals surface area contributed by atoms with Crippen molar-refractivity contribution in [3.8, 4) is 28.1 Å². The van der Waals surface area contributed by atoms with E-state index in [-0.39, 0.29) is 11.8 Å². The molecule has 0 spiro atoms. The molecule has 206 valence electrons. The van der Waals surface area contributed by atoms with Gasteiger partial charge in [0.05, 0.1) is 38.1 Å². The smallest absolute Gasteiger partial charge is 0.255 e. The number of hydrogen-bond acceptors (Lipinski definition) is 8. The highest BCUT2D eigenvalue weighted by atomic mass is 16.5. The largest absolute Gasteiger partial charge is 0.496 e. The molecule has 11 heteroatoms. The van der Waals surface area contributed by atoms with Crippen LogP contribution < -0.4 is 4.74 Å². The predicted molar refractivity (Wildman–Crippen MR) is 149 cm³/mol. The molecule has 1 N–H and O–H groups in total. The normalized spacial score (nSPS) is 16.3. The molecule has 1 aromatic carbocycles. The second-order valence-electron chi connectivity index (χ2n) is 9.92. The number of H-pyrrole nitrogens is 1. The molecule has 0 atom stereocenters. The van der Waals surface area contributed by atoms with Crippen LogP contribution in [0.4, 0.5) is 0 Å². The second kappa shape index (κ2) is 11.4. The molecule has 0 aliphatic carbocycles. The van der Waals surface area contributed by atoms with Gasteiger partial charge in [-0.25, -0.2) is 4.98 Å². The molecule has 2 saturated heterocycles. The fourth-order valence-corrected chi connectivity index (χ4v) is 5.22. The van der Waals surface area contributed by atoms with E-state index in [1.807, 2.05) is 46.2 Å². The molecule has 0 unspecified atom stereocenters. The van der Waals surface area contributed by atoms with Gasteiger partial charge in [-0.3, -0.25) is 24.6 Å². The molecule has 40 heavy (non-hydrogen) atoms. The zero-order valence-corrected chi connectivity index (χ0v) is 22.4. The van der Waals surface area contributed by atoms with Gasteiger partial charge in [-0.2, -0.15) is 5.10 Å². The molecular formula is C29H31N7O4. The number of nitrogens with one attached hydrogen (secondary N) is 1. The Labute approximate surface area is 231 Å². The van der Waals surface area contributed by atoms with Crippen LogP contribution in [0.15, 0.2) is 55.0 Å². The first kappa shape index (κ1) is 25.9. The summed E-state index contributed by atoms with van der Waals surface area (Å²) in [7, 11) is 1.64. The van der Waals surface area contributed by atoms with Gasteiger partial charge in [-0.1, -0.05) is 12.1 Å². The van der Waals surface area contributed by atoms with Gasteiger partial charge >= 0.3 is 0 Å². The van der Waals surface area contributed by atoms with Crippen LogP contribution in [-0.2, 0) is 9.53 Å². The van der Waals surface area contributed by atoms with Gasteiger partial charge in [0.1, 0.15) is 5.75 Å². The van der Waals surface area contributed by atoms with Crippen LogP contribution in [0.3, 0.4) is 0 Å². The summed E-state index contributed by atoms with van der Waals surface area (Å²) >= 11 is 0. The summed E-state index contributed by atoms with van der Waals surface area (Å²) in [5, 5.41) is 8.30. The summed E-state index contributed by atoms with van der Waals surface area (Å²) in [4.78, 5) is 40.7. The lowest BCUT2D eigenvalue weighted by Gasteiger charge is -2.36. The third kappa shape index (κ3) is 5.25. The summed E-state index contributed by atoms with van der Waals surface area (Å²) in [5.41, 5.74) is 4.44. The lowest BCUT2D eigenvalue weighted by molar-refractivity contribution is -0.136. The first-order chi connectivity index (χ1) is 19.6. The number of pyridine rings is 2. The Balaban J connectivity index is 1.16. The SMILES string of the molecule is COc1ccccc1-c1[nH]nc2ncc(-c3cncc(C(=O)N4CCN(CC(=O)N5CCOCC5)CC4)c3)cc12. The topological polar surface area (TPSA) is 117 Å². The van der Waals surface area contributed by atoms with E-state index in [0.717, 1.165) is 33.5 Å². The molecule has 2 amide bonds. The van der Waals surface area contributed by atoms with Gasteiger partial charge in [-0.05, 0) is 24.3 Å². The van der Waals surface area contributed by atoms with Crippen LogP contribution in [-0.4, -0.2) is 113 Å². The zero-order valence-electron chi connectivity index (χ0n) is 22.4. The van der Waals surface area contributed by atoms with Crippen molar-refractivity contribution in [1.29, 1.82) is 0 Å². The summed E-state index contributed by atoms with van der Waals surface area (Å²) in [6.45, 7) is 5.28. The van der Waals surface area contributed by atoms with E-state index >= 15 is 0 Å². The number of fused-ring (bicyclic) bond motifs is 1. The Kier molecular flexibility index (Phi) is 7.39. The zero-order chi connectivity index (χ0) is 27.5. The number of methoxy groups -OCH3 is 1. The first-order valence-corrected chi connectivity index (χ1v) is 13.4. The van der Waals surface area contributed by atoms with Gasteiger partial charge in [-0.15, -0.1) is 0 Å². The summed E-state index contributed by atoms with van der Waals surface area (Å²) in [6, 6.07) is 11.6. The number of para-hydroxylation sites is 1. The lowest BCUT2D eigenvalue weighted by Crippen LogP contribution is -2.52. The van der Waals surface area contributed by atoms with Crippen LogP contribution in [0.5, 0.6) is 5.75 Å². The number of aromatic amines is 1. The van der Waals surface area contributed by atoms with Crippen LogP contribution in [0.2, 0.25) is 0 Å². The molecule has 6 rings (SSSR count). The molecule has 2 aliphatic heterocycles. The van der Waals surface area contributed by atoms with Crippen molar-refractivity contribution in [1.82, 2.24) is 34.9 Å². The molecule has 5 heterocycles. The van der Waals surface area contributed by atoms with Crippen molar-refractivity contribution in [2.45, 2.75) is 0 Å². The van der Waals surface area contributed by atoms with Crippen LogP contribution in [0.1, 0.15) is 10.4 Å². The highest BCUT2D eigenvalue weighted by Gasteiger charge is 2.26. The maximum Gasteiger partial charge on any atom is 0.255 e.